The van der Waals surface area contributed by atoms with Gasteiger partial charge in [-0.15, -0.1) is 11.3 Å². The van der Waals surface area contributed by atoms with Crippen LogP contribution in [0.1, 0.15) is 5.56 Å². The molecule has 10 aromatic carbocycles. The predicted molar refractivity (Wildman–Crippen MR) is 274 cm³/mol. The van der Waals surface area contributed by atoms with Crippen LogP contribution in [0.2, 0.25) is 0 Å². The first kappa shape index (κ1) is 37.8. The van der Waals surface area contributed by atoms with E-state index in [2.05, 4.69) is 252 Å². The van der Waals surface area contributed by atoms with Crippen molar-refractivity contribution >= 4 is 64.7 Å². The van der Waals surface area contributed by atoms with E-state index in [1.807, 2.05) is 11.3 Å². The Balaban J connectivity index is 0.901. The molecule has 0 aliphatic carbocycles. The lowest BCUT2D eigenvalue weighted by atomic mass is 9.93. The van der Waals surface area contributed by atoms with E-state index in [0.717, 1.165) is 11.4 Å². The Morgan fingerprint density at radius 2 is 0.875 bits per heavy atom. The fourth-order valence-corrected chi connectivity index (χ4v) is 10.8. The van der Waals surface area contributed by atoms with Gasteiger partial charge in [0.25, 0.3) is 0 Å². The van der Waals surface area contributed by atoms with Gasteiger partial charge >= 0.3 is 0 Å². The van der Waals surface area contributed by atoms with E-state index in [1.165, 1.54) is 97.7 Å². The first-order valence-electron chi connectivity index (χ1n) is 21.9. The number of para-hydroxylation sites is 2. The summed E-state index contributed by atoms with van der Waals surface area (Å²) in [5.74, 6) is 0. The number of benzene rings is 10. The summed E-state index contributed by atoms with van der Waals surface area (Å²) in [6, 6.07) is 88.5. The van der Waals surface area contributed by atoms with Crippen LogP contribution in [0.15, 0.2) is 243 Å². The number of rotatable bonds is 9. The number of hydrogen-bond donors (Lipinski definition) is 0. The van der Waals surface area contributed by atoms with Crippen molar-refractivity contribution in [2.24, 2.45) is 0 Å². The normalized spacial score (nSPS) is 11.5. The van der Waals surface area contributed by atoms with Gasteiger partial charge in [0.15, 0.2) is 0 Å². The summed E-state index contributed by atoms with van der Waals surface area (Å²) in [4.78, 5) is 2.43. The molecule has 0 amide bonds. The van der Waals surface area contributed by atoms with Gasteiger partial charge in [0.2, 0.25) is 0 Å². The fraction of sp³-hybridized carbons (Fsp3) is 0.0164. The smallest absolute Gasteiger partial charge is 0.0547 e. The highest BCUT2D eigenvalue weighted by Crippen LogP contribution is 2.42. The van der Waals surface area contributed by atoms with Crippen molar-refractivity contribution in [1.82, 2.24) is 4.57 Å². The Kier molecular flexibility index (Phi) is 9.47. The summed E-state index contributed by atoms with van der Waals surface area (Å²) in [5.41, 5.74) is 16.9. The van der Waals surface area contributed by atoms with E-state index in [-0.39, 0.29) is 0 Å². The van der Waals surface area contributed by atoms with Gasteiger partial charge in [0, 0.05) is 54.6 Å². The average Bonchev–Trinajstić information content (AvgIpc) is 3.92. The van der Waals surface area contributed by atoms with Crippen molar-refractivity contribution in [1.29, 1.82) is 0 Å². The molecule has 0 saturated carbocycles. The lowest BCUT2D eigenvalue weighted by Crippen LogP contribution is -2.17. The zero-order chi connectivity index (χ0) is 42.4. The molecule has 0 atom stereocenters. The maximum absolute atomic E-state index is 2.45. The third kappa shape index (κ3) is 6.75. The van der Waals surface area contributed by atoms with Gasteiger partial charge in [-0.05, 0) is 111 Å². The van der Waals surface area contributed by atoms with Crippen molar-refractivity contribution < 1.29 is 0 Å². The topological polar surface area (TPSA) is 8.17 Å². The molecule has 0 spiro atoms. The highest BCUT2D eigenvalue weighted by atomic mass is 32.1. The molecule has 0 N–H and O–H groups in total. The highest BCUT2D eigenvalue weighted by Gasteiger charge is 2.19. The Hall–Kier alpha value is -7.98. The first-order valence-corrected chi connectivity index (χ1v) is 22.8. The SMILES string of the molecule is c1ccc(-c2ccc(-c3ccc(N(Cc4ccccc4-c4cccc(-c5cccc6c5c5ccccc5n6-c5ccc6c(c5)sc5ccccc56)c4)c4ccccc4)cc3)cc2)cc1. The maximum atomic E-state index is 2.45. The highest BCUT2D eigenvalue weighted by molar-refractivity contribution is 7.25. The molecule has 0 aliphatic heterocycles. The third-order valence-electron chi connectivity index (χ3n) is 12.7. The molecule has 0 saturated heterocycles. The summed E-state index contributed by atoms with van der Waals surface area (Å²) in [7, 11) is 0. The lowest BCUT2D eigenvalue weighted by Gasteiger charge is -2.27. The number of nitrogens with zero attached hydrogens (tertiary/aromatic N) is 2. The van der Waals surface area contributed by atoms with E-state index in [1.54, 1.807) is 0 Å². The molecule has 12 rings (SSSR count). The fourth-order valence-electron chi connectivity index (χ4n) is 9.62. The first-order chi connectivity index (χ1) is 31.7. The monoisotopic (exact) mass is 834 g/mol. The molecular weight excluding hydrogens is 793 g/mol. The molecule has 2 aromatic heterocycles. The molecule has 0 unspecified atom stereocenters. The van der Waals surface area contributed by atoms with Crippen LogP contribution >= 0.6 is 11.3 Å². The quantitative estimate of drug-likeness (QED) is 0.141. The number of hydrogen-bond acceptors (Lipinski definition) is 2. The van der Waals surface area contributed by atoms with Crippen molar-refractivity contribution in [3.05, 3.63) is 248 Å². The van der Waals surface area contributed by atoms with Crippen LogP contribution in [-0.4, -0.2) is 4.57 Å². The van der Waals surface area contributed by atoms with E-state index in [4.69, 9.17) is 0 Å². The van der Waals surface area contributed by atoms with Crippen LogP contribution < -0.4 is 4.90 Å². The number of aromatic nitrogens is 1. The van der Waals surface area contributed by atoms with Crippen molar-refractivity contribution in [2.45, 2.75) is 6.54 Å². The standard InChI is InChI=1S/C61H42N2S/c1-3-15-42(16-4-1)43-29-31-44(32-30-43)45-33-35-50(36-34-45)62(49-20-5-2-6-21-49)41-48-17-7-8-22-52(48)46-18-13-19-47(39-46)53-25-14-27-58-61(53)56-24-9-11-26-57(56)63(58)51-37-38-55-54-23-10-12-28-59(54)64-60(55)40-51/h1-40H,41H2. The zero-order valence-corrected chi connectivity index (χ0v) is 35.9. The molecule has 12 aromatic rings. The largest absolute Gasteiger partial charge is 0.337 e. The van der Waals surface area contributed by atoms with Gasteiger partial charge in [0.1, 0.15) is 0 Å². The molecule has 302 valence electrons. The minimum Gasteiger partial charge on any atom is -0.337 e. The Morgan fingerprint density at radius 1 is 0.344 bits per heavy atom. The molecule has 64 heavy (non-hydrogen) atoms. The van der Waals surface area contributed by atoms with Crippen molar-refractivity contribution in [3.63, 3.8) is 0 Å². The van der Waals surface area contributed by atoms with Crippen LogP contribution in [-0.2, 0) is 6.54 Å². The number of anilines is 2. The van der Waals surface area contributed by atoms with Gasteiger partial charge in [-0.1, -0.05) is 182 Å². The predicted octanol–water partition coefficient (Wildman–Crippen LogP) is 17.2. The van der Waals surface area contributed by atoms with Gasteiger partial charge in [-0.3, -0.25) is 0 Å². The van der Waals surface area contributed by atoms with E-state index < -0.39 is 0 Å². The summed E-state index contributed by atoms with van der Waals surface area (Å²) >= 11 is 1.87. The van der Waals surface area contributed by atoms with Crippen molar-refractivity contribution in [3.8, 4) is 50.2 Å². The maximum Gasteiger partial charge on any atom is 0.0547 e. The Bertz CT molecular complexity index is 3620. The second-order valence-electron chi connectivity index (χ2n) is 16.5. The lowest BCUT2D eigenvalue weighted by molar-refractivity contribution is 0.977. The number of fused-ring (bicyclic) bond motifs is 6. The van der Waals surface area contributed by atoms with E-state index >= 15 is 0 Å². The van der Waals surface area contributed by atoms with Crippen molar-refractivity contribution in [2.75, 3.05) is 4.90 Å². The van der Waals surface area contributed by atoms with E-state index in [9.17, 15) is 0 Å². The minimum absolute atomic E-state index is 0.711. The Labute approximate surface area is 377 Å². The van der Waals surface area contributed by atoms with Gasteiger partial charge in [0.05, 0.1) is 11.0 Å². The van der Waals surface area contributed by atoms with Crippen LogP contribution in [0, 0.1) is 0 Å². The molecular formula is C61H42N2S. The second kappa shape index (κ2) is 16.0. The third-order valence-corrected chi connectivity index (χ3v) is 13.9. The van der Waals surface area contributed by atoms with Gasteiger partial charge in [-0.2, -0.15) is 0 Å². The van der Waals surface area contributed by atoms with Crippen LogP contribution in [0.4, 0.5) is 11.4 Å². The van der Waals surface area contributed by atoms with Crippen LogP contribution in [0.3, 0.4) is 0 Å². The van der Waals surface area contributed by atoms with Crippen LogP contribution in [0.5, 0.6) is 0 Å². The average molecular weight is 835 g/mol. The molecule has 0 aliphatic rings. The van der Waals surface area contributed by atoms with Crippen LogP contribution in [0.25, 0.3) is 92.2 Å². The van der Waals surface area contributed by atoms with Gasteiger partial charge in [-0.25, -0.2) is 0 Å². The summed E-state index contributed by atoms with van der Waals surface area (Å²) < 4.78 is 5.08. The molecule has 0 bridgehead atoms. The molecule has 0 radical (unpaired) electrons. The minimum atomic E-state index is 0.711. The Morgan fingerprint density at radius 3 is 1.66 bits per heavy atom. The summed E-state index contributed by atoms with van der Waals surface area (Å²) in [6.07, 6.45) is 0. The van der Waals surface area contributed by atoms with E-state index in [0.29, 0.717) is 6.54 Å². The summed E-state index contributed by atoms with van der Waals surface area (Å²) in [6.45, 7) is 0.711. The molecule has 2 nitrogen and oxygen atoms in total. The number of thiophene rings is 1. The summed E-state index contributed by atoms with van der Waals surface area (Å²) in [5, 5.41) is 5.16. The molecule has 0 fully saturated rings. The van der Waals surface area contributed by atoms with Gasteiger partial charge < -0.3 is 9.47 Å². The molecule has 3 heteroatoms. The molecule has 2 heterocycles. The second-order valence-corrected chi connectivity index (χ2v) is 17.6. The zero-order valence-electron chi connectivity index (χ0n) is 35.1.